The van der Waals surface area contributed by atoms with Crippen LogP contribution < -0.4 is 5.32 Å². The summed E-state index contributed by atoms with van der Waals surface area (Å²) in [6.07, 6.45) is 0.392. The van der Waals surface area contributed by atoms with Crippen LogP contribution >= 0.6 is 23.4 Å². The Balaban J connectivity index is 1.72. The molecule has 0 saturated heterocycles. The highest BCUT2D eigenvalue weighted by Crippen LogP contribution is 2.19. The van der Waals surface area contributed by atoms with E-state index in [0.29, 0.717) is 22.9 Å². The van der Waals surface area contributed by atoms with Gasteiger partial charge in [0.15, 0.2) is 0 Å². The van der Waals surface area contributed by atoms with Crippen LogP contribution in [0.5, 0.6) is 0 Å². The van der Waals surface area contributed by atoms with Crippen molar-refractivity contribution in [3.05, 3.63) is 59.1 Å². The van der Waals surface area contributed by atoms with Crippen molar-refractivity contribution in [1.82, 2.24) is 4.90 Å². The molecule has 2 aromatic carbocycles. The number of anilines is 1. The number of carbonyl (C=O) groups excluding carboxylic acids is 2. The fourth-order valence-corrected chi connectivity index (χ4v) is 3.09. The molecule has 2 amide bonds. The number of rotatable bonds is 7. The Kier molecular flexibility index (Phi) is 7.34. The van der Waals surface area contributed by atoms with E-state index in [1.54, 1.807) is 43.1 Å². The third-order valence-electron chi connectivity index (χ3n) is 3.54. The predicted molar refractivity (Wildman–Crippen MR) is 104 cm³/mol. The topological polar surface area (TPSA) is 49.4 Å². The van der Waals surface area contributed by atoms with E-state index in [2.05, 4.69) is 17.4 Å². The van der Waals surface area contributed by atoms with Crippen molar-refractivity contribution in [2.75, 3.05) is 24.7 Å². The summed E-state index contributed by atoms with van der Waals surface area (Å²) in [5.74, 6) is 0.403. The lowest BCUT2D eigenvalue weighted by molar-refractivity contribution is -0.132. The van der Waals surface area contributed by atoms with Gasteiger partial charge in [-0.2, -0.15) is 0 Å². The van der Waals surface area contributed by atoms with Gasteiger partial charge in [-0.25, -0.2) is 0 Å². The second kappa shape index (κ2) is 9.49. The number of nitrogens with one attached hydrogen (secondary N) is 1. The van der Waals surface area contributed by atoms with Gasteiger partial charge in [0.05, 0.1) is 6.54 Å². The van der Waals surface area contributed by atoms with Crippen molar-refractivity contribution in [3.63, 3.8) is 0 Å². The highest BCUT2D eigenvalue weighted by atomic mass is 35.5. The van der Waals surface area contributed by atoms with Gasteiger partial charge in [0, 0.05) is 34.8 Å². The molecule has 0 bridgehead atoms. The number of aryl methyl sites for hydroxylation is 1. The van der Waals surface area contributed by atoms with Crippen LogP contribution in [0.2, 0.25) is 5.02 Å². The molecule has 0 aliphatic heterocycles. The first-order chi connectivity index (χ1) is 11.9. The summed E-state index contributed by atoms with van der Waals surface area (Å²) >= 11 is 7.44. The standard InChI is InChI=1S/C19H21ClN2O2S/c1-14-3-9-17(10-4-14)25-12-11-19(24)22(2)13-18(23)21-16-7-5-15(20)6-8-16/h3-10H,11-13H2,1-2H3,(H,21,23). The van der Waals surface area contributed by atoms with E-state index in [0.717, 1.165) is 4.90 Å². The lowest BCUT2D eigenvalue weighted by Gasteiger charge is -2.16. The highest BCUT2D eigenvalue weighted by Gasteiger charge is 2.13. The van der Waals surface area contributed by atoms with Gasteiger partial charge >= 0.3 is 0 Å². The van der Waals surface area contributed by atoms with Crippen molar-refractivity contribution >= 4 is 40.9 Å². The van der Waals surface area contributed by atoms with Crippen LogP contribution in [0.3, 0.4) is 0 Å². The second-order valence-corrected chi connectivity index (χ2v) is 7.32. The van der Waals surface area contributed by atoms with Crippen LogP contribution in [0, 0.1) is 6.92 Å². The quantitative estimate of drug-likeness (QED) is 0.736. The first-order valence-electron chi connectivity index (χ1n) is 7.93. The molecular weight excluding hydrogens is 356 g/mol. The predicted octanol–water partition coefficient (Wildman–Crippen LogP) is 4.23. The zero-order valence-corrected chi connectivity index (χ0v) is 15.9. The molecule has 0 aromatic heterocycles. The molecule has 0 heterocycles. The molecular formula is C19H21ClN2O2S. The third-order valence-corrected chi connectivity index (χ3v) is 4.81. The summed E-state index contributed by atoms with van der Waals surface area (Å²) in [5.41, 5.74) is 1.87. The number of likely N-dealkylation sites (N-methyl/N-ethyl adjacent to an activating group) is 1. The number of benzene rings is 2. The molecule has 132 valence electrons. The molecule has 2 rings (SSSR count). The number of hydrogen-bond acceptors (Lipinski definition) is 3. The summed E-state index contributed by atoms with van der Waals surface area (Å²) in [4.78, 5) is 26.7. The first-order valence-corrected chi connectivity index (χ1v) is 9.29. The lowest BCUT2D eigenvalue weighted by Crippen LogP contribution is -2.35. The van der Waals surface area contributed by atoms with Gasteiger partial charge < -0.3 is 10.2 Å². The summed E-state index contributed by atoms with van der Waals surface area (Å²) in [7, 11) is 1.64. The Labute approximate surface area is 157 Å². The third kappa shape index (κ3) is 6.80. The maximum Gasteiger partial charge on any atom is 0.243 e. The maximum absolute atomic E-state index is 12.1. The lowest BCUT2D eigenvalue weighted by atomic mass is 10.2. The Morgan fingerprint density at radius 2 is 1.72 bits per heavy atom. The van der Waals surface area contributed by atoms with Gasteiger partial charge in [-0.05, 0) is 43.3 Å². The van der Waals surface area contributed by atoms with Crippen molar-refractivity contribution in [1.29, 1.82) is 0 Å². The number of nitrogens with zero attached hydrogens (tertiary/aromatic N) is 1. The normalized spacial score (nSPS) is 10.4. The summed E-state index contributed by atoms with van der Waals surface area (Å²) in [5, 5.41) is 3.35. The average Bonchev–Trinajstić information content (AvgIpc) is 2.58. The largest absolute Gasteiger partial charge is 0.336 e. The zero-order chi connectivity index (χ0) is 18.2. The van der Waals surface area contributed by atoms with E-state index < -0.39 is 0 Å². The van der Waals surface area contributed by atoms with E-state index in [1.807, 2.05) is 19.1 Å². The Bertz CT molecular complexity index is 717. The van der Waals surface area contributed by atoms with Crippen LogP contribution in [0.15, 0.2) is 53.4 Å². The molecule has 0 unspecified atom stereocenters. The van der Waals surface area contributed by atoms with Crippen LogP contribution in [-0.4, -0.2) is 36.1 Å². The molecule has 25 heavy (non-hydrogen) atoms. The molecule has 0 spiro atoms. The van der Waals surface area contributed by atoms with Gasteiger partial charge in [0.1, 0.15) is 0 Å². The Morgan fingerprint density at radius 1 is 1.08 bits per heavy atom. The molecule has 0 radical (unpaired) electrons. The highest BCUT2D eigenvalue weighted by molar-refractivity contribution is 7.99. The van der Waals surface area contributed by atoms with E-state index in [9.17, 15) is 9.59 Å². The number of halogens is 1. The maximum atomic E-state index is 12.1. The van der Waals surface area contributed by atoms with E-state index in [1.165, 1.54) is 10.5 Å². The molecule has 6 heteroatoms. The van der Waals surface area contributed by atoms with Crippen molar-refractivity contribution in [2.24, 2.45) is 0 Å². The van der Waals surface area contributed by atoms with Gasteiger partial charge in [-0.3, -0.25) is 9.59 Å². The zero-order valence-electron chi connectivity index (χ0n) is 14.3. The van der Waals surface area contributed by atoms with E-state index in [-0.39, 0.29) is 18.4 Å². The molecule has 0 fully saturated rings. The van der Waals surface area contributed by atoms with Gasteiger partial charge in [0.2, 0.25) is 11.8 Å². The summed E-state index contributed by atoms with van der Waals surface area (Å²) in [6.45, 7) is 2.07. The number of hydrogen-bond donors (Lipinski definition) is 1. The number of amides is 2. The van der Waals surface area contributed by atoms with E-state index in [4.69, 9.17) is 11.6 Å². The Hall–Kier alpha value is -1.98. The molecule has 0 aliphatic carbocycles. The monoisotopic (exact) mass is 376 g/mol. The molecule has 2 aromatic rings. The van der Waals surface area contributed by atoms with Gasteiger partial charge in [0.25, 0.3) is 0 Å². The van der Waals surface area contributed by atoms with Crippen molar-refractivity contribution < 1.29 is 9.59 Å². The van der Waals surface area contributed by atoms with Crippen LogP contribution in [0.25, 0.3) is 0 Å². The summed E-state index contributed by atoms with van der Waals surface area (Å²) in [6, 6.07) is 15.1. The van der Waals surface area contributed by atoms with Crippen LogP contribution in [0.4, 0.5) is 5.69 Å². The fourth-order valence-electron chi connectivity index (χ4n) is 2.12. The van der Waals surface area contributed by atoms with Gasteiger partial charge in [-0.1, -0.05) is 29.3 Å². The minimum absolute atomic E-state index is 0.0245. The molecule has 0 atom stereocenters. The fraction of sp³-hybridized carbons (Fsp3) is 0.263. The number of carbonyl (C=O) groups is 2. The van der Waals surface area contributed by atoms with Crippen LogP contribution in [-0.2, 0) is 9.59 Å². The van der Waals surface area contributed by atoms with Crippen molar-refractivity contribution in [3.8, 4) is 0 Å². The smallest absolute Gasteiger partial charge is 0.243 e. The number of thioether (sulfide) groups is 1. The minimum Gasteiger partial charge on any atom is -0.336 e. The SMILES string of the molecule is Cc1ccc(SCCC(=O)N(C)CC(=O)Nc2ccc(Cl)cc2)cc1. The molecule has 1 N–H and O–H groups in total. The molecule has 0 aliphatic rings. The molecule has 4 nitrogen and oxygen atoms in total. The van der Waals surface area contributed by atoms with Crippen molar-refractivity contribution in [2.45, 2.75) is 18.2 Å². The van der Waals surface area contributed by atoms with Crippen LogP contribution in [0.1, 0.15) is 12.0 Å². The Morgan fingerprint density at radius 3 is 2.36 bits per heavy atom. The minimum atomic E-state index is -0.232. The second-order valence-electron chi connectivity index (χ2n) is 5.72. The van der Waals surface area contributed by atoms with Gasteiger partial charge in [-0.15, -0.1) is 11.8 Å². The average molecular weight is 377 g/mol. The molecule has 0 saturated carbocycles. The summed E-state index contributed by atoms with van der Waals surface area (Å²) < 4.78 is 0. The first kappa shape index (κ1) is 19.3. The van der Waals surface area contributed by atoms with E-state index >= 15 is 0 Å².